The number of nitrogens with two attached hydrogens (primary N) is 1. The quantitative estimate of drug-likeness (QED) is 0.808. The Morgan fingerprint density at radius 2 is 1.89 bits per heavy atom. The van der Waals surface area contributed by atoms with Crippen LogP contribution >= 0.6 is 0 Å². The molecule has 0 aliphatic carbocycles. The van der Waals surface area contributed by atoms with Crippen molar-refractivity contribution in [2.45, 2.75) is 31.9 Å². The van der Waals surface area contributed by atoms with Crippen LogP contribution in [0.5, 0.6) is 0 Å². The van der Waals surface area contributed by atoms with Gasteiger partial charge in [-0.3, -0.25) is 9.59 Å². The number of carbonyl (C=O) groups excluding carboxylic acids is 2. The summed E-state index contributed by atoms with van der Waals surface area (Å²) in [5.41, 5.74) is 5.21. The van der Waals surface area contributed by atoms with E-state index in [1.165, 1.54) is 7.11 Å². The minimum Gasteiger partial charge on any atom is -0.370 e. The molecule has 1 aromatic rings. The van der Waals surface area contributed by atoms with Gasteiger partial charge in [0.25, 0.3) is 5.91 Å². The molecule has 3 N–H and O–H groups in total. The number of ether oxygens (including phenoxy) is 1. The lowest BCUT2D eigenvalue weighted by Crippen LogP contribution is -2.48. The molecule has 5 heteroatoms. The molecule has 0 unspecified atom stereocenters. The van der Waals surface area contributed by atoms with Gasteiger partial charge in [-0.2, -0.15) is 0 Å². The van der Waals surface area contributed by atoms with Gasteiger partial charge in [-0.1, -0.05) is 30.3 Å². The molecule has 0 fully saturated rings. The van der Waals surface area contributed by atoms with E-state index in [1.807, 2.05) is 30.3 Å². The maximum atomic E-state index is 12.2. The summed E-state index contributed by atoms with van der Waals surface area (Å²) in [6.07, 6.45) is -0.627. The zero-order valence-electron chi connectivity index (χ0n) is 11.5. The monoisotopic (exact) mass is 264 g/mol. The number of methoxy groups -OCH3 is 1. The maximum absolute atomic E-state index is 12.2. The molecular formula is C14H20N2O3. The van der Waals surface area contributed by atoms with E-state index in [4.69, 9.17) is 10.5 Å². The van der Waals surface area contributed by atoms with E-state index < -0.39 is 17.6 Å². The molecule has 1 rings (SSSR count). The number of carbonyl (C=O) groups is 2. The molecule has 0 bridgehead atoms. The van der Waals surface area contributed by atoms with Gasteiger partial charge in [0, 0.05) is 19.1 Å². The molecule has 104 valence electrons. The van der Waals surface area contributed by atoms with Crippen LogP contribution in [0.1, 0.15) is 31.9 Å². The Labute approximate surface area is 113 Å². The molecule has 0 saturated heterocycles. The number of benzene rings is 1. The molecule has 0 aromatic heterocycles. The van der Waals surface area contributed by atoms with E-state index in [0.29, 0.717) is 0 Å². The predicted molar refractivity (Wildman–Crippen MR) is 72.2 cm³/mol. The van der Waals surface area contributed by atoms with Crippen molar-refractivity contribution in [3.63, 3.8) is 0 Å². The first-order chi connectivity index (χ1) is 8.85. The van der Waals surface area contributed by atoms with Gasteiger partial charge in [-0.15, -0.1) is 0 Å². The summed E-state index contributed by atoms with van der Waals surface area (Å²) in [6, 6.07) is 9.17. The fraction of sp³-hybridized carbons (Fsp3) is 0.429. The third kappa shape index (κ3) is 4.71. The highest BCUT2D eigenvalue weighted by Gasteiger charge is 2.28. The minimum absolute atomic E-state index is 0.0734. The van der Waals surface area contributed by atoms with Gasteiger partial charge < -0.3 is 15.8 Å². The Hall–Kier alpha value is -1.88. The van der Waals surface area contributed by atoms with Gasteiger partial charge in [0.05, 0.1) is 0 Å². The summed E-state index contributed by atoms with van der Waals surface area (Å²) >= 11 is 0. The van der Waals surface area contributed by atoms with Crippen LogP contribution in [0.4, 0.5) is 0 Å². The minimum atomic E-state index is -0.701. The van der Waals surface area contributed by atoms with Crippen molar-refractivity contribution in [3.05, 3.63) is 35.9 Å². The summed E-state index contributed by atoms with van der Waals surface area (Å²) in [5, 5.41) is 2.77. The number of amides is 2. The van der Waals surface area contributed by atoms with Gasteiger partial charge in [0.15, 0.2) is 6.10 Å². The Bertz CT molecular complexity index is 443. The maximum Gasteiger partial charge on any atom is 0.254 e. The Kier molecular flexibility index (Phi) is 5.06. The SMILES string of the molecule is CO[C@H](C(=O)NC(C)(C)CC(N)=O)c1ccccc1. The second kappa shape index (κ2) is 6.33. The second-order valence-corrected chi connectivity index (χ2v) is 5.04. The Morgan fingerprint density at radius 1 is 1.32 bits per heavy atom. The highest BCUT2D eigenvalue weighted by Crippen LogP contribution is 2.18. The van der Waals surface area contributed by atoms with Gasteiger partial charge >= 0.3 is 0 Å². The molecule has 2 amide bonds. The van der Waals surface area contributed by atoms with Crippen molar-refractivity contribution in [3.8, 4) is 0 Å². The summed E-state index contributed by atoms with van der Waals surface area (Å²) in [5.74, 6) is -0.751. The highest BCUT2D eigenvalue weighted by atomic mass is 16.5. The lowest BCUT2D eigenvalue weighted by molar-refractivity contribution is -0.133. The molecule has 5 nitrogen and oxygen atoms in total. The van der Waals surface area contributed by atoms with Crippen molar-refractivity contribution in [2.24, 2.45) is 5.73 Å². The van der Waals surface area contributed by atoms with Crippen LogP contribution in [-0.4, -0.2) is 24.5 Å². The summed E-state index contributed by atoms with van der Waals surface area (Å²) in [6.45, 7) is 3.49. The molecule has 0 spiro atoms. The first kappa shape index (κ1) is 15.2. The lowest BCUT2D eigenvalue weighted by Gasteiger charge is -2.27. The van der Waals surface area contributed by atoms with Gasteiger partial charge in [0.2, 0.25) is 5.91 Å². The van der Waals surface area contributed by atoms with Crippen LogP contribution in [0.2, 0.25) is 0 Å². The third-order valence-electron chi connectivity index (χ3n) is 2.65. The van der Waals surface area contributed by atoms with Gasteiger partial charge in [-0.05, 0) is 19.4 Å². The average Bonchev–Trinajstić information content (AvgIpc) is 2.28. The zero-order chi connectivity index (χ0) is 14.5. The summed E-state index contributed by atoms with van der Waals surface area (Å²) in [4.78, 5) is 23.1. The molecule has 0 heterocycles. The number of nitrogens with one attached hydrogen (secondary N) is 1. The van der Waals surface area contributed by atoms with Crippen LogP contribution in [0.3, 0.4) is 0 Å². The van der Waals surface area contributed by atoms with Crippen molar-refractivity contribution in [1.82, 2.24) is 5.32 Å². The summed E-state index contributed by atoms with van der Waals surface area (Å²) < 4.78 is 5.22. The van der Waals surface area contributed by atoms with E-state index in [2.05, 4.69) is 5.32 Å². The van der Waals surface area contributed by atoms with Crippen LogP contribution < -0.4 is 11.1 Å². The number of hydrogen-bond acceptors (Lipinski definition) is 3. The zero-order valence-corrected chi connectivity index (χ0v) is 11.5. The van der Waals surface area contributed by atoms with Crippen LogP contribution in [0.15, 0.2) is 30.3 Å². The molecule has 0 saturated carbocycles. The molecule has 1 atom stereocenters. The van der Waals surface area contributed by atoms with Crippen LogP contribution in [-0.2, 0) is 14.3 Å². The molecule has 0 aliphatic heterocycles. The standard InChI is InChI=1S/C14H20N2O3/c1-14(2,9-11(15)17)16-13(18)12(19-3)10-7-5-4-6-8-10/h4-8,12H,9H2,1-3H3,(H2,15,17)(H,16,18)/t12-/m0/s1. The van der Waals surface area contributed by atoms with E-state index >= 15 is 0 Å². The molecule has 0 aliphatic rings. The normalized spacial score (nSPS) is 12.8. The number of hydrogen-bond donors (Lipinski definition) is 2. The fourth-order valence-electron chi connectivity index (χ4n) is 1.90. The number of rotatable bonds is 6. The van der Waals surface area contributed by atoms with Crippen molar-refractivity contribution in [1.29, 1.82) is 0 Å². The van der Waals surface area contributed by atoms with Crippen molar-refractivity contribution in [2.75, 3.05) is 7.11 Å². The first-order valence-corrected chi connectivity index (χ1v) is 6.04. The largest absolute Gasteiger partial charge is 0.370 e. The predicted octanol–water partition coefficient (Wildman–Crippen LogP) is 1.14. The topological polar surface area (TPSA) is 81.4 Å². The van der Waals surface area contributed by atoms with Gasteiger partial charge in [-0.25, -0.2) is 0 Å². The molecule has 19 heavy (non-hydrogen) atoms. The number of primary amides is 1. The fourth-order valence-corrected chi connectivity index (χ4v) is 1.90. The molecule has 1 aromatic carbocycles. The van der Waals surface area contributed by atoms with Crippen molar-refractivity contribution >= 4 is 11.8 Å². The Balaban J connectivity index is 2.78. The van der Waals surface area contributed by atoms with Crippen LogP contribution in [0, 0.1) is 0 Å². The third-order valence-corrected chi connectivity index (χ3v) is 2.65. The lowest BCUT2D eigenvalue weighted by atomic mass is 9.99. The second-order valence-electron chi connectivity index (χ2n) is 5.04. The Morgan fingerprint density at radius 3 is 2.37 bits per heavy atom. The summed E-state index contributed by atoms with van der Waals surface area (Å²) in [7, 11) is 1.47. The van der Waals surface area contributed by atoms with Crippen molar-refractivity contribution < 1.29 is 14.3 Å². The van der Waals surface area contributed by atoms with E-state index in [9.17, 15) is 9.59 Å². The highest BCUT2D eigenvalue weighted by molar-refractivity contribution is 5.84. The molecular weight excluding hydrogens is 244 g/mol. The van der Waals surface area contributed by atoms with E-state index in [-0.39, 0.29) is 12.3 Å². The molecule has 0 radical (unpaired) electrons. The van der Waals surface area contributed by atoms with Gasteiger partial charge in [0.1, 0.15) is 0 Å². The van der Waals surface area contributed by atoms with Crippen LogP contribution in [0.25, 0.3) is 0 Å². The first-order valence-electron chi connectivity index (χ1n) is 6.04. The average molecular weight is 264 g/mol. The van der Waals surface area contributed by atoms with E-state index in [1.54, 1.807) is 13.8 Å². The smallest absolute Gasteiger partial charge is 0.254 e. The van der Waals surface area contributed by atoms with E-state index in [0.717, 1.165) is 5.56 Å².